The van der Waals surface area contributed by atoms with Gasteiger partial charge in [0.2, 0.25) is 0 Å². The molecule has 3 aromatic rings. The Morgan fingerprint density at radius 2 is 2.07 bits per heavy atom. The quantitative estimate of drug-likeness (QED) is 0.490. The van der Waals surface area contributed by atoms with Crippen LogP contribution in [-0.4, -0.2) is 25.4 Å². The summed E-state index contributed by atoms with van der Waals surface area (Å²) in [6.45, 7) is 3.62. The molecule has 4 rings (SSSR count). The van der Waals surface area contributed by atoms with Crippen LogP contribution in [0.4, 0.5) is 11.4 Å². The van der Waals surface area contributed by atoms with E-state index in [1.165, 1.54) is 16.7 Å². The summed E-state index contributed by atoms with van der Waals surface area (Å²) >= 11 is 0. The van der Waals surface area contributed by atoms with Crippen molar-refractivity contribution in [3.8, 4) is 0 Å². The Hall–Kier alpha value is -3.82. The number of rotatable bonds is 5. The van der Waals surface area contributed by atoms with E-state index in [9.17, 15) is 24.5 Å². The molecule has 0 bridgehead atoms. The van der Waals surface area contributed by atoms with Crippen LogP contribution in [0.1, 0.15) is 47.3 Å². The van der Waals surface area contributed by atoms with E-state index >= 15 is 0 Å². The predicted octanol–water partition coefficient (Wildman–Crippen LogP) is 2.45. The number of carbonyl (C=O) groups excluding carboxylic acids is 1. The minimum absolute atomic E-state index is 0.0139. The highest BCUT2D eigenvalue weighted by Crippen LogP contribution is 2.40. The van der Waals surface area contributed by atoms with E-state index in [4.69, 9.17) is 0 Å². The summed E-state index contributed by atoms with van der Waals surface area (Å²) in [5, 5.41) is 13.8. The van der Waals surface area contributed by atoms with Gasteiger partial charge in [-0.15, -0.1) is 0 Å². The number of benzene rings is 1. The summed E-state index contributed by atoms with van der Waals surface area (Å²) in [6, 6.07) is 5.93. The first-order valence-electron chi connectivity index (χ1n) is 9.54. The molecule has 30 heavy (non-hydrogen) atoms. The molecule has 0 spiro atoms. The Labute approximate surface area is 169 Å². The third-order valence-electron chi connectivity index (χ3n) is 5.19. The lowest BCUT2D eigenvalue weighted by Gasteiger charge is -2.12. The van der Waals surface area contributed by atoms with Crippen LogP contribution in [-0.2, 0) is 6.54 Å². The van der Waals surface area contributed by atoms with Crippen LogP contribution in [0.15, 0.2) is 33.9 Å². The molecule has 1 amide bonds. The van der Waals surface area contributed by atoms with E-state index in [1.807, 2.05) is 0 Å². The Bertz CT molecular complexity index is 1320. The zero-order chi connectivity index (χ0) is 21.6. The first-order valence-corrected chi connectivity index (χ1v) is 9.54. The molecule has 0 unspecified atom stereocenters. The number of aryl methyl sites for hydroxylation is 2. The van der Waals surface area contributed by atoms with Crippen molar-refractivity contribution < 1.29 is 9.72 Å². The maximum absolute atomic E-state index is 13.1. The van der Waals surface area contributed by atoms with Crippen LogP contribution >= 0.6 is 0 Å². The molecule has 0 atom stereocenters. The summed E-state index contributed by atoms with van der Waals surface area (Å²) in [4.78, 5) is 55.2. The van der Waals surface area contributed by atoms with E-state index in [2.05, 4.69) is 15.3 Å². The maximum Gasteiger partial charge on any atom is 0.329 e. The number of aromatic nitrogens is 3. The topological polar surface area (TPSA) is 140 Å². The molecule has 154 valence electrons. The third-order valence-corrected chi connectivity index (χ3v) is 5.19. The molecule has 10 nitrogen and oxygen atoms in total. The molecule has 1 aliphatic carbocycles. The number of nitro groups is 1. The summed E-state index contributed by atoms with van der Waals surface area (Å²) in [6.07, 6.45) is 1.84. The van der Waals surface area contributed by atoms with E-state index in [0.717, 1.165) is 12.8 Å². The standard InChI is InChI=1S/C20H19N5O5/c1-3-24-17-16(19(27)23-20(24)28)13(9-14(22-17)11-5-6-11)18(26)21-12-7-4-10(2)15(8-12)25(29)30/h4,7-9,11H,3,5-6H2,1-2H3,(H,21,26)(H,23,27,28). The Balaban J connectivity index is 1.86. The van der Waals surface area contributed by atoms with Gasteiger partial charge in [-0.3, -0.25) is 29.3 Å². The minimum atomic E-state index is -0.699. The van der Waals surface area contributed by atoms with Gasteiger partial charge < -0.3 is 5.32 Å². The summed E-state index contributed by atoms with van der Waals surface area (Å²) in [7, 11) is 0. The molecule has 0 radical (unpaired) electrons. The van der Waals surface area contributed by atoms with Crippen molar-refractivity contribution in [1.29, 1.82) is 0 Å². The Morgan fingerprint density at radius 3 is 2.70 bits per heavy atom. The van der Waals surface area contributed by atoms with Crippen LogP contribution < -0.4 is 16.6 Å². The predicted molar refractivity (Wildman–Crippen MR) is 110 cm³/mol. The fourth-order valence-electron chi connectivity index (χ4n) is 3.44. The van der Waals surface area contributed by atoms with Gasteiger partial charge in [-0.05, 0) is 38.8 Å². The van der Waals surface area contributed by atoms with E-state index < -0.39 is 22.1 Å². The van der Waals surface area contributed by atoms with Crippen LogP contribution in [0.3, 0.4) is 0 Å². The number of amides is 1. The molecule has 0 saturated heterocycles. The molecule has 2 aromatic heterocycles. The van der Waals surface area contributed by atoms with Crippen molar-refractivity contribution in [3.63, 3.8) is 0 Å². The molecule has 1 aliphatic rings. The molecule has 1 aromatic carbocycles. The summed E-state index contributed by atoms with van der Waals surface area (Å²) in [5.74, 6) is -0.421. The van der Waals surface area contributed by atoms with Gasteiger partial charge in [0.25, 0.3) is 17.2 Å². The Kier molecular flexibility index (Phi) is 4.69. The van der Waals surface area contributed by atoms with Crippen molar-refractivity contribution in [2.75, 3.05) is 5.32 Å². The second kappa shape index (κ2) is 7.21. The first-order chi connectivity index (χ1) is 14.3. The zero-order valence-electron chi connectivity index (χ0n) is 16.4. The number of nitrogens with zero attached hydrogens (tertiary/aromatic N) is 3. The van der Waals surface area contributed by atoms with E-state index in [-0.39, 0.29) is 40.4 Å². The number of pyridine rings is 1. The highest BCUT2D eigenvalue weighted by atomic mass is 16.6. The lowest BCUT2D eigenvalue weighted by atomic mass is 10.1. The monoisotopic (exact) mass is 409 g/mol. The van der Waals surface area contributed by atoms with Crippen LogP contribution in [0.2, 0.25) is 0 Å². The molecular weight excluding hydrogens is 390 g/mol. The second-order valence-electron chi connectivity index (χ2n) is 7.28. The number of nitro benzene ring substituents is 1. The van der Waals surface area contributed by atoms with Gasteiger partial charge in [-0.25, -0.2) is 9.78 Å². The highest BCUT2D eigenvalue weighted by molar-refractivity contribution is 6.12. The lowest BCUT2D eigenvalue weighted by molar-refractivity contribution is -0.385. The van der Waals surface area contributed by atoms with Crippen LogP contribution in [0.5, 0.6) is 0 Å². The van der Waals surface area contributed by atoms with Crippen molar-refractivity contribution in [3.05, 3.63) is 72.0 Å². The number of hydrogen-bond acceptors (Lipinski definition) is 6. The van der Waals surface area contributed by atoms with E-state index in [1.54, 1.807) is 26.0 Å². The first kappa shape index (κ1) is 19.5. The molecular formula is C20H19N5O5. The van der Waals surface area contributed by atoms with Crippen LogP contribution in [0, 0.1) is 17.0 Å². The number of carbonyl (C=O) groups is 1. The average Bonchev–Trinajstić information content (AvgIpc) is 3.54. The zero-order valence-corrected chi connectivity index (χ0v) is 16.4. The third kappa shape index (κ3) is 3.36. The van der Waals surface area contributed by atoms with Gasteiger partial charge in [0.1, 0.15) is 0 Å². The normalized spacial score (nSPS) is 13.4. The van der Waals surface area contributed by atoms with Gasteiger partial charge in [0, 0.05) is 35.5 Å². The number of H-pyrrole nitrogens is 1. The molecule has 1 saturated carbocycles. The fraction of sp³-hybridized carbons (Fsp3) is 0.300. The molecule has 2 heterocycles. The number of hydrogen-bond donors (Lipinski definition) is 2. The minimum Gasteiger partial charge on any atom is -0.322 e. The lowest BCUT2D eigenvalue weighted by Crippen LogP contribution is -2.32. The Morgan fingerprint density at radius 1 is 1.33 bits per heavy atom. The van der Waals surface area contributed by atoms with Crippen molar-refractivity contribution in [2.24, 2.45) is 0 Å². The maximum atomic E-state index is 13.1. The summed E-state index contributed by atoms with van der Waals surface area (Å²) < 4.78 is 1.32. The van der Waals surface area contributed by atoms with Crippen molar-refractivity contribution >= 4 is 28.3 Å². The largest absolute Gasteiger partial charge is 0.329 e. The van der Waals surface area contributed by atoms with Gasteiger partial charge >= 0.3 is 5.69 Å². The van der Waals surface area contributed by atoms with Gasteiger partial charge in [0.05, 0.1) is 15.9 Å². The number of aromatic amines is 1. The van der Waals surface area contributed by atoms with Crippen LogP contribution in [0.25, 0.3) is 11.0 Å². The number of fused-ring (bicyclic) bond motifs is 1. The summed E-state index contributed by atoms with van der Waals surface area (Å²) in [5.41, 5.74) is 0.176. The number of anilines is 1. The smallest absolute Gasteiger partial charge is 0.322 e. The van der Waals surface area contributed by atoms with Gasteiger partial charge in [0.15, 0.2) is 5.65 Å². The molecule has 2 N–H and O–H groups in total. The second-order valence-corrected chi connectivity index (χ2v) is 7.28. The van der Waals surface area contributed by atoms with Gasteiger partial charge in [-0.1, -0.05) is 6.07 Å². The number of nitrogens with one attached hydrogen (secondary N) is 2. The average molecular weight is 409 g/mol. The highest BCUT2D eigenvalue weighted by Gasteiger charge is 2.28. The molecule has 1 fully saturated rings. The molecule has 0 aliphatic heterocycles. The fourth-order valence-corrected chi connectivity index (χ4v) is 3.44. The SMILES string of the molecule is CCn1c(=O)[nH]c(=O)c2c(C(=O)Nc3ccc(C)c([N+](=O)[O-])c3)cc(C3CC3)nc21. The van der Waals surface area contributed by atoms with Crippen molar-refractivity contribution in [2.45, 2.75) is 39.2 Å². The van der Waals surface area contributed by atoms with E-state index in [0.29, 0.717) is 11.3 Å². The van der Waals surface area contributed by atoms with Gasteiger partial charge in [-0.2, -0.15) is 0 Å². The molecule has 10 heteroatoms. The van der Waals surface area contributed by atoms with Crippen molar-refractivity contribution in [1.82, 2.24) is 14.5 Å².